The summed E-state index contributed by atoms with van der Waals surface area (Å²) in [6.45, 7) is 1.99. The van der Waals surface area contributed by atoms with Gasteiger partial charge in [0.15, 0.2) is 0 Å². The molecule has 1 aromatic rings. The van der Waals surface area contributed by atoms with Crippen LogP contribution in [0.3, 0.4) is 0 Å². The van der Waals surface area contributed by atoms with E-state index in [0.717, 1.165) is 12.8 Å². The topological polar surface area (TPSA) is 12.5 Å². The molecule has 1 atom stereocenters. The van der Waals surface area contributed by atoms with Gasteiger partial charge in [-0.15, -0.1) is 5.06 Å². The van der Waals surface area contributed by atoms with Crippen molar-refractivity contribution in [2.45, 2.75) is 31.3 Å². The van der Waals surface area contributed by atoms with Crippen LogP contribution in [0.25, 0.3) is 0 Å². The van der Waals surface area contributed by atoms with Gasteiger partial charge in [0.2, 0.25) is 0 Å². The van der Waals surface area contributed by atoms with Gasteiger partial charge in [0.25, 0.3) is 0 Å². The molecule has 1 fully saturated rings. The lowest BCUT2D eigenvalue weighted by molar-refractivity contribution is -0.146. The van der Waals surface area contributed by atoms with Crippen LogP contribution in [0.2, 0.25) is 0 Å². The van der Waals surface area contributed by atoms with Crippen molar-refractivity contribution in [2.75, 3.05) is 0 Å². The van der Waals surface area contributed by atoms with E-state index in [0.29, 0.717) is 5.03 Å². The number of rotatable bonds is 2. The van der Waals surface area contributed by atoms with Crippen molar-refractivity contribution < 1.29 is 13.6 Å². The highest BCUT2D eigenvalue weighted by molar-refractivity contribution is 6.30. The van der Waals surface area contributed by atoms with Crippen molar-refractivity contribution in [1.82, 2.24) is 5.06 Å². The molecular formula is C13H12ClF2NO. The molecule has 18 heavy (non-hydrogen) atoms. The van der Waals surface area contributed by atoms with Crippen LogP contribution in [-0.4, -0.2) is 10.6 Å². The van der Waals surface area contributed by atoms with Crippen LogP contribution in [0.4, 0.5) is 8.78 Å². The second kappa shape index (κ2) is 3.93. The summed E-state index contributed by atoms with van der Waals surface area (Å²) in [5, 5.41) is 1.89. The molecule has 0 amide bonds. The van der Waals surface area contributed by atoms with E-state index < -0.39 is 17.7 Å². The van der Waals surface area contributed by atoms with E-state index in [1.54, 1.807) is 5.06 Å². The van der Waals surface area contributed by atoms with Gasteiger partial charge in [-0.1, -0.05) is 17.7 Å². The molecule has 5 heteroatoms. The van der Waals surface area contributed by atoms with Crippen molar-refractivity contribution in [3.05, 3.63) is 46.7 Å². The lowest BCUT2D eigenvalue weighted by Gasteiger charge is -2.29. The van der Waals surface area contributed by atoms with Crippen LogP contribution in [0.5, 0.6) is 0 Å². The maximum Gasteiger partial charge on any atom is 0.131 e. The number of nitrogens with zero attached hydrogens (tertiary/aromatic N) is 1. The monoisotopic (exact) mass is 271 g/mol. The van der Waals surface area contributed by atoms with Gasteiger partial charge in [0, 0.05) is 5.56 Å². The van der Waals surface area contributed by atoms with E-state index in [2.05, 4.69) is 0 Å². The first kappa shape index (κ1) is 11.9. The first-order chi connectivity index (χ1) is 8.53. The Balaban J connectivity index is 2.05. The molecule has 0 aromatic heterocycles. The fraction of sp³-hybridized carbons (Fsp3) is 0.385. The predicted octanol–water partition coefficient (Wildman–Crippen LogP) is 3.89. The fourth-order valence-electron chi connectivity index (χ4n) is 2.21. The molecule has 1 aliphatic heterocycles. The van der Waals surface area contributed by atoms with E-state index in [-0.39, 0.29) is 11.1 Å². The molecule has 0 radical (unpaired) electrons. The molecule has 3 rings (SSSR count). The quantitative estimate of drug-likeness (QED) is 0.809. The summed E-state index contributed by atoms with van der Waals surface area (Å²) in [6.07, 6.45) is 3.21. The summed E-state index contributed by atoms with van der Waals surface area (Å²) in [4.78, 5) is 5.38. The Bertz CT molecular complexity index is 507. The van der Waals surface area contributed by atoms with Crippen LogP contribution in [-0.2, 0) is 4.84 Å². The molecular weight excluding hydrogens is 260 g/mol. The zero-order valence-electron chi connectivity index (χ0n) is 9.79. The summed E-state index contributed by atoms with van der Waals surface area (Å²) < 4.78 is 27.7. The summed E-state index contributed by atoms with van der Waals surface area (Å²) in [7, 11) is 0. The van der Waals surface area contributed by atoms with E-state index in [1.165, 1.54) is 24.5 Å². The van der Waals surface area contributed by atoms with E-state index in [1.807, 2.05) is 6.92 Å². The summed E-state index contributed by atoms with van der Waals surface area (Å²) >= 11 is 6.05. The third-order valence-corrected chi connectivity index (χ3v) is 3.85. The molecule has 96 valence electrons. The van der Waals surface area contributed by atoms with E-state index in [4.69, 9.17) is 16.4 Å². The minimum absolute atomic E-state index is 0.0515. The van der Waals surface area contributed by atoms with Crippen molar-refractivity contribution >= 4 is 11.6 Å². The number of hydroxylamine groups is 2. The van der Waals surface area contributed by atoms with Gasteiger partial charge >= 0.3 is 0 Å². The van der Waals surface area contributed by atoms with Crippen molar-refractivity contribution in [3.8, 4) is 0 Å². The highest BCUT2D eigenvalue weighted by Gasteiger charge is 2.52. The molecule has 0 saturated heterocycles. The average Bonchev–Trinajstić information content (AvgIpc) is 2.94. The first-order valence-electron chi connectivity index (χ1n) is 5.78. The lowest BCUT2D eigenvalue weighted by Crippen LogP contribution is -2.35. The first-order valence-corrected chi connectivity index (χ1v) is 6.16. The van der Waals surface area contributed by atoms with Crippen LogP contribution in [0.1, 0.15) is 31.4 Å². The standard InChI is InChI=1S/C13H12ClF2NO/c1-13(5-6-13)17-12(8(14)7-18-17)11-9(15)3-2-4-10(11)16/h2-4,7,12H,5-6H2,1H3. The Morgan fingerprint density at radius 2 is 1.94 bits per heavy atom. The predicted molar refractivity (Wildman–Crippen MR) is 63.6 cm³/mol. The number of benzene rings is 1. The maximum absolute atomic E-state index is 13.8. The molecule has 1 heterocycles. The SMILES string of the molecule is CC1(N2OC=C(Cl)C2c2c(F)cccc2F)CC1. The van der Waals surface area contributed by atoms with Crippen LogP contribution >= 0.6 is 11.6 Å². The molecule has 0 N–H and O–H groups in total. The Morgan fingerprint density at radius 1 is 1.33 bits per heavy atom. The van der Waals surface area contributed by atoms with Gasteiger partial charge in [-0.2, -0.15) is 0 Å². The van der Waals surface area contributed by atoms with Gasteiger partial charge in [-0.25, -0.2) is 8.78 Å². The lowest BCUT2D eigenvalue weighted by atomic mass is 10.0. The summed E-state index contributed by atoms with van der Waals surface area (Å²) in [6, 6.07) is 3.10. The Labute approximate surface area is 109 Å². The Morgan fingerprint density at radius 3 is 2.50 bits per heavy atom. The average molecular weight is 272 g/mol. The van der Waals surface area contributed by atoms with E-state index in [9.17, 15) is 8.78 Å². The second-order valence-electron chi connectivity index (χ2n) is 4.97. The molecule has 1 saturated carbocycles. The number of halogens is 3. The van der Waals surface area contributed by atoms with Gasteiger partial charge in [-0.05, 0) is 31.9 Å². The highest BCUT2D eigenvalue weighted by Crippen LogP contribution is 2.51. The molecule has 1 aromatic carbocycles. The summed E-state index contributed by atoms with van der Waals surface area (Å²) in [5.41, 5.74) is -0.239. The smallest absolute Gasteiger partial charge is 0.131 e. The van der Waals surface area contributed by atoms with Crippen molar-refractivity contribution in [1.29, 1.82) is 0 Å². The second-order valence-corrected chi connectivity index (χ2v) is 5.41. The number of hydrogen-bond donors (Lipinski definition) is 0. The molecule has 2 aliphatic rings. The van der Waals surface area contributed by atoms with Crippen LogP contribution < -0.4 is 0 Å². The van der Waals surface area contributed by atoms with Crippen molar-refractivity contribution in [2.24, 2.45) is 0 Å². The Kier molecular flexibility index (Phi) is 2.61. The zero-order chi connectivity index (χ0) is 12.9. The van der Waals surface area contributed by atoms with Gasteiger partial charge in [0.1, 0.15) is 23.9 Å². The minimum atomic E-state index is -0.694. The highest BCUT2D eigenvalue weighted by atomic mass is 35.5. The normalized spacial score (nSPS) is 25.8. The van der Waals surface area contributed by atoms with E-state index >= 15 is 0 Å². The third-order valence-electron chi connectivity index (χ3n) is 3.55. The molecule has 1 aliphatic carbocycles. The fourth-order valence-corrected chi connectivity index (χ4v) is 2.45. The maximum atomic E-state index is 13.8. The van der Waals surface area contributed by atoms with Crippen LogP contribution in [0, 0.1) is 11.6 Å². The molecule has 0 spiro atoms. The largest absolute Gasteiger partial charge is 0.411 e. The molecule has 1 unspecified atom stereocenters. The van der Waals surface area contributed by atoms with Crippen LogP contribution in [0.15, 0.2) is 29.5 Å². The number of hydrogen-bond acceptors (Lipinski definition) is 2. The molecule has 2 nitrogen and oxygen atoms in total. The van der Waals surface area contributed by atoms with Gasteiger partial charge in [0.05, 0.1) is 10.6 Å². The molecule has 0 bridgehead atoms. The van der Waals surface area contributed by atoms with Gasteiger partial charge in [-0.3, -0.25) is 0 Å². The van der Waals surface area contributed by atoms with Crippen molar-refractivity contribution in [3.63, 3.8) is 0 Å². The summed E-state index contributed by atoms with van der Waals surface area (Å²) in [5.74, 6) is -1.21. The van der Waals surface area contributed by atoms with Gasteiger partial charge < -0.3 is 4.84 Å². The zero-order valence-corrected chi connectivity index (χ0v) is 10.5. The minimum Gasteiger partial charge on any atom is -0.411 e. The third kappa shape index (κ3) is 1.71. The Hall–Kier alpha value is -1.13.